The molecule has 0 aliphatic carbocycles. The van der Waals surface area contributed by atoms with Gasteiger partial charge in [-0.1, -0.05) is 25.4 Å². The van der Waals surface area contributed by atoms with E-state index in [9.17, 15) is 17.8 Å². The lowest BCUT2D eigenvalue weighted by atomic mass is 10.3. The van der Waals surface area contributed by atoms with Crippen molar-refractivity contribution in [3.05, 3.63) is 53.1 Å². The number of benzene rings is 2. The molecule has 0 spiro atoms. The normalized spacial score (nSPS) is 11.7. The van der Waals surface area contributed by atoms with Crippen LogP contribution in [-0.2, 0) is 20.5 Å². The fourth-order valence-corrected chi connectivity index (χ4v) is 3.88. The average Bonchev–Trinajstić information content (AvgIpc) is 2.84. The van der Waals surface area contributed by atoms with E-state index in [-0.39, 0.29) is 17.2 Å². The number of carbonyl (C=O) groups excluding carboxylic acids is 1. The van der Waals surface area contributed by atoms with Gasteiger partial charge in [-0.3, -0.25) is 10.0 Å². The van der Waals surface area contributed by atoms with Crippen molar-refractivity contribution >= 4 is 28.5 Å². The third kappa shape index (κ3) is 9.61. The monoisotopic (exact) mass is 521 g/mol. The van der Waals surface area contributed by atoms with Crippen LogP contribution in [0, 0.1) is 11.6 Å². The van der Waals surface area contributed by atoms with Gasteiger partial charge >= 0.3 is 0 Å². The first-order chi connectivity index (χ1) is 16.2. The summed E-state index contributed by atoms with van der Waals surface area (Å²) in [6, 6.07) is 7.66. The summed E-state index contributed by atoms with van der Waals surface area (Å²) in [6.07, 6.45) is 0. The molecule has 1 unspecified atom stereocenters. The molecular formula is C22H30ClF2N3O5S. The van der Waals surface area contributed by atoms with Crippen molar-refractivity contribution in [1.82, 2.24) is 14.7 Å². The van der Waals surface area contributed by atoms with Gasteiger partial charge in [0.2, 0.25) is 0 Å². The minimum atomic E-state index is -2.09. The van der Waals surface area contributed by atoms with E-state index in [2.05, 4.69) is 0 Å². The number of hydrogen-bond donors (Lipinski definition) is 2. The van der Waals surface area contributed by atoms with E-state index in [0.29, 0.717) is 24.7 Å². The molecular weight excluding hydrogens is 492 g/mol. The Balaban J connectivity index is 0.00000281. The maximum atomic E-state index is 14.6. The highest BCUT2D eigenvalue weighted by Crippen LogP contribution is 2.30. The Hall–Kier alpha value is -2.15. The van der Waals surface area contributed by atoms with Crippen molar-refractivity contribution in [3.8, 4) is 11.5 Å². The second-order valence-electron chi connectivity index (χ2n) is 6.72. The lowest BCUT2D eigenvalue weighted by Gasteiger charge is -2.24. The third-order valence-corrected chi connectivity index (χ3v) is 5.97. The van der Waals surface area contributed by atoms with E-state index < -0.39 is 40.8 Å². The molecule has 0 aromatic heterocycles. The predicted octanol–water partition coefficient (Wildman–Crippen LogP) is 3.84. The van der Waals surface area contributed by atoms with Crippen LogP contribution in [0.25, 0.3) is 0 Å². The average molecular weight is 522 g/mol. The molecule has 8 nitrogen and oxygen atoms in total. The minimum absolute atomic E-state index is 0.118. The van der Waals surface area contributed by atoms with Gasteiger partial charge in [0.1, 0.15) is 16.7 Å². The molecule has 0 aliphatic heterocycles. The molecule has 0 radical (unpaired) electrons. The first-order valence-corrected chi connectivity index (χ1v) is 11.9. The van der Waals surface area contributed by atoms with E-state index in [4.69, 9.17) is 26.3 Å². The van der Waals surface area contributed by atoms with Gasteiger partial charge in [0.15, 0.2) is 17.4 Å². The van der Waals surface area contributed by atoms with Gasteiger partial charge in [-0.15, -0.1) is 0 Å². The highest BCUT2D eigenvalue weighted by molar-refractivity contribution is 7.82. The largest absolute Gasteiger partial charge is 0.451 e. The van der Waals surface area contributed by atoms with E-state index in [0.717, 1.165) is 12.1 Å². The van der Waals surface area contributed by atoms with Gasteiger partial charge in [-0.05, 0) is 43.4 Å². The van der Waals surface area contributed by atoms with Crippen LogP contribution in [0.15, 0.2) is 41.3 Å². The first kappa shape index (κ1) is 29.9. The van der Waals surface area contributed by atoms with Crippen LogP contribution in [0.4, 0.5) is 8.78 Å². The first-order valence-electron chi connectivity index (χ1n) is 10.4. The van der Waals surface area contributed by atoms with Crippen molar-refractivity contribution < 1.29 is 32.5 Å². The molecule has 0 fully saturated rings. The summed E-state index contributed by atoms with van der Waals surface area (Å²) in [5.74, 6) is -3.44. The molecule has 0 saturated heterocycles. The number of likely N-dealkylation sites (N-methyl/N-ethyl adjacent to an activating group) is 1. The molecule has 0 bridgehead atoms. The molecule has 1 amide bonds. The molecule has 2 rings (SSSR count). The molecule has 1 atom stereocenters. The van der Waals surface area contributed by atoms with E-state index in [1.54, 1.807) is 14.2 Å². The number of amides is 1. The Kier molecular flexibility index (Phi) is 13.8. The minimum Gasteiger partial charge on any atom is -0.451 e. The second-order valence-corrected chi connectivity index (χ2v) is 8.64. The zero-order chi connectivity index (χ0) is 25.7. The van der Waals surface area contributed by atoms with Crippen molar-refractivity contribution in [2.75, 3.05) is 46.9 Å². The maximum Gasteiger partial charge on any atom is 0.258 e. The summed E-state index contributed by atoms with van der Waals surface area (Å²) < 4.78 is 53.6. The summed E-state index contributed by atoms with van der Waals surface area (Å²) in [4.78, 5) is 13.3. The lowest BCUT2D eigenvalue weighted by Crippen LogP contribution is -2.41. The molecule has 0 saturated carbocycles. The second kappa shape index (κ2) is 15.7. The number of ether oxygens (including phenoxy) is 2. The van der Waals surface area contributed by atoms with Gasteiger partial charge in [0.05, 0.1) is 18.0 Å². The highest BCUT2D eigenvalue weighted by Gasteiger charge is 2.23. The predicted molar refractivity (Wildman–Crippen MR) is 127 cm³/mol. The van der Waals surface area contributed by atoms with Crippen LogP contribution < -0.4 is 10.2 Å². The summed E-state index contributed by atoms with van der Waals surface area (Å²) in [5, 5.41) is 9.25. The highest BCUT2D eigenvalue weighted by atomic mass is 35.5. The number of hydroxylamine groups is 1. The lowest BCUT2D eigenvalue weighted by molar-refractivity contribution is -0.129. The van der Waals surface area contributed by atoms with Crippen molar-refractivity contribution in [2.45, 2.75) is 18.7 Å². The molecule has 0 aliphatic rings. The molecule has 2 N–H and O–H groups in total. The van der Waals surface area contributed by atoms with Crippen LogP contribution in [0.3, 0.4) is 0 Å². The van der Waals surface area contributed by atoms with Gasteiger partial charge in [0, 0.05) is 31.8 Å². The zero-order valence-electron chi connectivity index (χ0n) is 19.5. The fourth-order valence-electron chi connectivity index (χ4n) is 2.56. The third-order valence-electron chi connectivity index (χ3n) is 4.29. The summed E-state index contributed by atoms with van der Waals surface area (Å²) >= 11 is 5.78. The van der Waals surface area contributed by atoms with Crippen LogP contribution >= 0.6 is 11.6 Å². The van der Waals surface area contributed by atoms with Crippen molar-refractivity contribution in [3.63, 3.8) is 0 Å². The number of nitrogens with one attached hydrogen (secondary N) is 1. The zero-order valence-corrected chi connectivity index (χ0v) is 21.1. The quantitative estimate of drug-likeness (QED) is 0.326. The summed E-state index contributed by atoms with van der Waals surface area (Å²) in [5.41, 5.74) is 1.46. The Morgan fingerprint density at radius 3 is 2.24 bits per heavy atom. The van der Waals surface area contributed by atoms with E-state index in [1.165, 1.54) is 34.1 Å². The number of rotatable bonds is 12. The SMILES string of the molecule is CC.COCCN(C)CCN(CC(=O)NO)S(=O)c1cc(F)c(Oc2ccc(Cl)cc2)c(F)c1. The molecule has 2 aromatic carbocycles. The molecule has 0 heterocycles. The molecule has 2 aromatic rings. The van der Waals surface area contributed by atoms with Gasteiger partial charge in [-0.2, -0.15) is 0 Å². The van der Waals surface area contributed by atoms with E-state index >= 15 is 0 Å². The Labute approximate surface area is 205 Å². The standard InChI is InChI=1S/C20H24ClF2N3O5S.C2H6/c1-25(9-10-30-2)7-8-26(13-19(27)24-28)32(29)16-11-17(22)20(18(23)12-16)31-15-5-3-14(21)4-6-15;1-2/h3-6,11-12,28H,7-10,13H2,1-2H3,(H,24,27);1-2H3. The smallest absolute Gasteiger partial charge is 0.258 e. The van der Waals surface area contributed by atoms with E-state index in [1.807, 2.05) is 18.7 Å². The van der Waals surface area contributed by atoms with Crippen LogP contribution in [-0.4, -0.2) is 71.5 Å². The number of methoxy groups -OCH3 is 1. The summed E-state index contributed by atoms with van der Waals surface area (Å²) in [7, 11) is 1.27. The Bertz CT molecular complexity index is 914. The van der Waals surface area contributed by atoms with Crippen LogP contribution in [0.1, 0.15) is 13.8 Å². The number of halogens is 3. The topological polar surface area (TPSA) is 91.3 Å². The molecule has 12 heteroatoms. The molecule has 190 valence electrons. The molecule has 34 heavy (non-hydrogen) atoms. The number of carbonyl (C=O) groups is 1. The van der Waals surface area contributed by atoms with Crippen LogP contribution in [0.2, 0.25) is 5.02 Å². The maximum absolute atomic E-state index is 14.6. The van der Waals surface area contributed by atoms with Gasteiger partial charge in [0.25, 0.3) is 5.91 Å². The number of hydrogen-bond acceptors (Lipinski definition) is 6. The Morgan fingerprint density at radius 1 is 1.12 bits per heavy atom. The van der Waals surface area contributed by atoms with Crippen molar-refractivity contribution in [2.24, 2.45) is 0 Å². The van der Waals surface area contributed by atoms with Crippen LogP contribution in [0.5, 0.6) is 11.5 Å². The fraction of sp³-hybridized carbons (Fsp3) is 0.409. The van der Waals surface area contributed by atoms with Gasteiger partial charge < -0.3 is 14.4 Å². The number of nitrogens with zero attached hydrogens (tertiary/aromatic N) is 2. The Morgan fingerprint density at radius 2 is 1.71 bits per heavy atom. The summed E-state index contributed by atoms with van der Waals surface area (Å²) in [6.45, 7) is 5.11. The van der Waals surface area contributed by atoms with Gasteiger partial charge in [-0.25, -0.2) is 22.8 Å². The van der Waals surface area contributed by atoms with Crippen molar-refractivity contribution in [1.29, 1.82) is 0 Å².